The molecule has 1 aromatic rings. The van der Waals surface area contributed by atoms with Crippen LogP contribution in [0.4, 0.5) is 0 Å². The van der Waals surface area contributed by atoms with E-state index in [-0.39, 0.29) is 11.6 Å². The first-order chi connectivity index (χ1) is 10.2. The lowest BCUT2D eigenvalue weighted by Gasteiger charge is -2.47. The molecule has 1 aromatic carbocycles. The molecular weight excluding hydrogens is 260 g/mol. The van der Waals surface area contributed by atoms with Gasteiger partial charge in [-0.2, -0.15) is 0 Å². The number of rotatable bonds is 4. The van der Waals surface area contributed by atoms with Gasteiger partial charge >= 0.3 is 0 Å². The molecule has 21 heavy (non-hydrogen) atoms. The monoisotopic (exact) mass is 288 g/mol. The minimum atomic E-state index is -0.365. The van der Waals surface area contributed by atoms with Crippen molar-refractivity contribution in [2.24, 2.45) is 11.7 Å². The van der Waals surface area contributed by atoms with Crippen molar-refractivity contribution in [1.82, 2.24) is 4.90 Å². The Morgan fingerprint density at radius 1 is 1.24 bits per heavy atom. The number of aliphatic hydroxyl groups is 1. The van der Waals surface area contributed by atoms with Gasteiger partial charge in [0.1, 0.15) is 0 Å². The van der Waals surface area contributed by atoms with E-state index in [1.54, 1.807) is 0 Å². The minimum Gasteiger partial charge on any atom is -0.390 e. The highest BCUT2D eigenvalue weighted by molar-refractivity contribution is 5.18. The lowest BCUT2D eigenvalue weighted by molar-refractivity contribution is -0.0954. The Morgan fingerprint density at radius 3 is 2.86 bits per heavy atom. The first-order valence-electron chi connectivity index (χ1n) is 8.43. The van der Waals surface area contributed by atoms with Crippen molar-refractivity contribution < 1.29 is 5.11 Å². The number of nitrogens with two attached hydrogens (primary N) is 1. The summed E-state index contributed by atoms with van der Waals surface area (Å²) in [5, 5.41) is 10.7. The van der Waals surface area contributed by atoms with Crippen LogP contribution in [0.2, 0.25) is 0 Å². The fourth-order valence-electron chi connectivity index (χ4n) is 4.03. The third-order valence-electron chi connectivity index (χ3n) is 5.50. The predicted molar refractivity (Wildman–Crippen MR) is 86.0 cm³/mol. The standard InChI is InChI=1S/C18H28N2O/c19-17(15-6-2-1-3-7-15)9-12-20-13-11-18(21)10-5-4-8-16(18)14-20/h1-3,6-7,16-17,21H,4-5,8-14,19H2. The Labute approximate surface area is 128 Å². The molecule has 0 amide bonds. The van der Waals surface area contributed by atoms with E-state index in [4.69, 9.17) is 5.73 Å². The quantitative estimate of drug-likeness (QED) is 0.895. The van der Waals surface area contributed by atoms with Crippen LogP contribution < -0.4 is 5.73 Å². The van der Waals surface area contributed by atoms with Gasteiger partial charge in [-0.05, 0) is 37.8 Å². The van der Waals surface area contributed by atoms with E-state index < -0.39 is 0 Å². The van der Waals surface area contributed by atoms with Crippen LogP contribution in [-0.2, 0) is 0 Å². The van der Waals surface area contributed by atoms with Gasteiger partial charge in [0.15, 0.2) is 0 Å². The zero-order chi connectivity index (χ0) is 14.7. The summed E-state index contributed by atoms with van der Waals surface area (Å²) in [5.74, 6) is 0.480. The maximum Gasteiger partial charge on any atom is 0.0700 e. The van der Waals surface area contributed by atoms with E-state index >= 15 is 0 Å². The molecule has 3 atom stereocenters. The molecule has 1 saturated carbocycles. The van der Waals surface area contributed by atoms with Gasteiger partial charge in [-0.25, -0.2) is 0 Å². The zero-order valence-electron chi connectivity index (χ0n) is 12.9. The number of likely N-dealkylation sites (tertiary alicyclic amines) is 1. The predicted octanol–water partition coefficient (Wildman–Crippen LogP) is 2.70. The van der Waals surface area contributed by atoms with Crippen LogP contribution in [0.25, 0.3) is 0 Å². The number of hydrogen-bond donors (Lipinski definition) is 2. The second-order valence-electron chi connectivity index (χ2n) is 6.90. The van der Waals surface area contributed by atoms with Gasteiger partial charge in [-0.15, -0.1) is 0 Å². The molecule has 1 saturated heterocycles. The summed E-state index contributed by atoms with van der Waals surface area (Å²) >= 11 is 0. The number of hydrogen-bond acceptors (Lipinski definition) is 3. The third kappa shape index (κ3) is 3.47. The molecule has 3 heteroatoms. The Kier molecular flexibility index (Phi) is 4.63. The molecule has 3 N–H and O–H groups in total. The number of piperidine rings is 1. The van der Waals surface area contributed by atoms with Crippen molar-refractivity contribution in [3.8, 4) is 0 Å². The maximum absolute atomic E-state index is 10.7. The van der Waals surface area contributed by atoms with Gasteiger partial charge in [0, 0.05) is 25.0 Å². The van der Waals surface area contributed by atoms with E-state index in [1.807, 2.05) is 6.07 Å². The third-order valence-corrected chi connectivity index (χ3v) is 5.50. The van der Waals surface area contributed by atoms with Gasteiger partial charge in [-0.1, -0.05) is 43.2 Å². The summed E-state index contributed by atoms with van der Waals surface area (Å²) < 4.78 is 0. The zero-order valence-corrected chi connectivity index (χ0v) is 12.9. The Morgan fingerprint density at radius 2 is 2.05 bits per heavy atom. The van der Waals surface area contributed by atoms with Crippen molar-refractivity contribution in [2.75, 3.05) is 19.6 Å². The molecule has 1 aliphatic heterocycles. The lowest BCUT2D eigenvalue weighted by atomic mass is 9.71. The summed E-state index contributed by atoms with van der Waals surface area (Å²) in [6.07, 6.45) is 6.62. The van der Waals surface area contributed by atoms with Crippen molar-refractivity contribution in [1.29, 1.82) is 0 Å². The molecule has 3 unspecified atom stereocenters. The number of nitrogens with zero attached hydrogens (tertiary/aromatic N) is 1. The van der Waals surface area contributed by atoms with Crippen molar-refractivity contribution in [2.45, 2.75) is 50.2 Å². The first kappa shape index (κ1) is 15.0. The highest BCUT2D eigenvalue weighted by Crippen LogP contribution is 2.39. The molecule has 0 aromatic heterocycles. The smallest absolute Gasteiger partial charge is 0.0700 e. The van der Waals surface area contributed by atoms with E-state index in [9.17, 15) is 5.11 Å². The molecule has 0 radical (unpaired) electrons. The van der Waals surface area contributed by atoms with E-state index in [0.717, 1.165) is 38.9 Å². The van der Waals surface area contributed by atoms with Crippen molar-refractivity contribution in [3.05, 3.63) is 35.9 Å². The molecule has 116 valence electrons. The van der Waals surface area contributed by atoms with E-state index in [1.165, 1.54) is 24.8 Å². The summed E-state index contributed by atoms with van der Waals surface area (Å²) in [5.41, 5.74) is 7.15. The van der Waals surface area contributed by atoms with Crippen LogP contribution in [0.3, 0.4) is 0 Å². The molecule has 0 spiro atoms. The molecule has 2 fully saturated rings. The van der Waals surface area contributed by atoms with E-state index in [2.05, 4.69) is 29.2 Å². The average molecular weight is 288 g/mol. The van der Waals surface area contributed by atoms with Gasteiger partial charge in [0.2, 0.25) is 0 Å². The van der Waals surface area contributed by atoms with Gasteiger partial charge < -0.3 is 15.7 Å². The van der Waals surface area contributed by atoms with E-state index in [0.29, 0.717) is 5.92 Å². The summed E-state index contributed by atoms with van der Waals surface area (Å²) in [7, 11) is 0. The maximum atomic E-state index is 10.7. The molecular formula is C18H28N2O. The Hall–Kier alpha value is -0.900. The molecule has 1 aliphatic carbocycles. The molecule has 3 nitrogen and oxygen atoms in total. The largest absolute Gasteiger partial charge is 0.390 e. The Balaban J connectivity index is 1.50. The molecule has 2 aliphatic rings. The number of benzene rings is 1. The van der Waals surface area contributed by atoms with Crippen LogP contribution in [0.5, 0.6) is 0 Å². The molecule has 0 bridgehead atoms. The van der Waals surface area contributed by atoms with Crippen LogP contribution in [0.1, 0.15) is 50.1 Å². The SMILES string of the molecule is NC(CCN1CCC2(O)CCCCC2C1)c1ccccc1. The number of fused-ring (bicyclic) bond motifs is 1. The highest BCUT2D eigenvalue weighted by atomic mass is 16.3. The highest BCUT2D eigenvalue weighted by Gasteiger charge is 2.42. The topological polar surface area (TPSA) is 49.5 Å². The molecule has 3 rings (SSSR count). The fourth-order valence-corrected chi connectivity index (χ4v) is 4.03. The van der Waals surface area contributed by atoms with Crippen LogP contribution in [0.15, 0.2) is 30.3 Å². The van der Waals surface area contributed by atoms with Crippen molar-refractivity contribution >= 4 is 0 Å². The van der Waals surface area contributed by atoms with Gasteiger partial charge in [0.25, 0.3) is 0 Å². The van der Waals surface area contributed by atoms with Crippen LogP contribution >= 0.6 is 0 Å². The van der Waals surface area contributed by atoms with Gasteiger partial charge in [-0.3, -0.25) is 0 Å². The average Bonchev–Trinajstić information content (AvgIpc) is 2.53. The van der Waals surface area contributed by atoms with Crippen LogP contribution in [0, 0.1) is 5.92 Å². The second-order valence-corrected chi connectivity index (χ2v) is 6.90. The van der Waals surface area contributed by atoms with Crippen molar-refractivity contribution in [3.63, 3.8) is 0 Å². The fraction of sp³-hybridized carbons (Fsp3) is 0.667. The first-order valence-corrected chi connectivity index (χ1v) is 8.43. The minimum absolute atomic E-state index is 0.123. The second kappa shape index (κ2) is 6.47. The van der Waals surface area contributed by atoms with Crippen LogP contribution in [-0.4, -0.2) is 35.2 Å². The lowest BCUT2D eigenvalue weighted by Crippen LogP contribution is -2.53. The molecule has 1 heterocycles. The summed E-state index contributed by atoms with van der Waals surface area (Å²) in [6.45, 7) is 3.12. The Bertz CT molecular complexity index is 450. The summed E-state index contributed by atoms with van der Waals surface area (Å²) in [4.78, 5) is 2.51. The normalized spacial score (nSPS) is 31.6. The van der Waals surface area contributed by atoms with Gasteiger partial charge in [0.05, 0.1) is 5.60 Å². The summed E-state index contributed by atoms with van der Waals surface area (Å²) in [6, 6.07) is 10.5.